The molecule has 0 N–H and O–H groups in total. The standard InChI is InChI=1S/C22H20FN5OS/c23-17-5-3-6-19(14-17)28-21(27-10-12-29-13-11-27)25-26-22(28)30-15-18-9-8-16-4-1-2-7-20(16)24-18/h1-9,14H,10-13,15H2. The van der Waals surface area contributed by atoms with Crippen LogP contribution in [0.3, 0.4) is 0 Å². The van der Waals surface area contributed by atoms with Crippen LogP contribution < -0.4 is 4.90 Å². The SMILES string of the molecule is Fc1cccc(-n2c(SCc3ccc4ccccc4n3)nnc2N2CCOCC2)c1. The fraction of sp³-hybridized carbons (Fsp3) is 0.227. The smallest absolute Gasteiger partial charge is 0.232 e. The second-order valence-corrected chi connectivity index (χ2v) is 7.92. The van der Waals surface area contributed by atoms with E-state index in [0.29, 0.717) is 35.8 Å². The Bertz CT molecular complexity index is 1180. The van der Waals surface area contributed by atoms with Crippen LogP contribution in [0, 0.1) is 5.82 Å². The van der Waals surface area contributed by atoms with Gasteiger partial charge in [0.1, 0.15) is 5.82 Å². The monoisotopic (exact) mass is 421 g/mol. The van der Waals surface area contributed by atoms with Crippen molar-refractivity contribution in [2.75, 3.05) is 31.2 Å². The lowest BCUT2D eigenvalue weighted by molar-refractivity contribution is 0.122. The predicted octanol–water partition coefficient (Wildman–Crippen LogP) is 4.08. The summed E-state index contributed by atoms with van der Waals surface area (Å²) >= 11 is 1.54. The lowest BCUT2D eigenvalue weighted by Gasteiger charge is -2.27. The number of ether oxygens (including phenoxy) is 1. The van der Waals surface area contributed by atoms with Gasteiger partial charge in [0.05, 0.1) is 30.1 Å². The number of rotatable bonds is 5. The Morgan fingerprint density at radius 3 is 2.70 bits per heavy atom. The Labute approximate surface area is 177 Å². The third-order valence-electron chi connectivity index (χ3n) is 4.98. The molecular weight excluding hydrogens is 401 g/mol. The van der Waals surface area contributed by atoms with E-state index < -0.39 is 0 Å². The first-order chi connectivity index (χ1) is 14.8. The molecule has 1 aliphatic heterocycles. The largest absolute Gasteiger partial charge is 0.378 e. The number of anilines is 1. The van der Waals surface area contributed by atoms with Gasteiger partial charge >= 0.3 is 0 Å². The van der Waals surface area contributed by atoms with Crippen molar-refractivity contribution in [3.63, 3.8) is 0 Å². The van der Waals surface area contributed by atoms with Crippen molar-refractivity contribution in [2.45, 2.75) is 10.9 Å². The first kappa shape index (κ1) is 19.0. The lowest BCUT2D eigenvalue weighted by Crippen LogP contribution is -2.37. The first-order valence-electron chi connectivity index (χ1n) is 9.79. The van der Waals surface area contributed by atoms with E-state index in [4.69, 9.17) is 9.72 Å². The van der Waals surface area contributed by atoms with Crippen LogP contribution in [0.25, 0.3) is 16.6 Å². The van der Waals surface area contributed by atoms with Crippen LogP contribution in [-0.2, 0) is 10.5 Å². The molecule has 0 unspecified atom stereocenters. The molecule has 8 heteroatoms. The molecule has 3 heterocycles. The summed E-state index contributed by atoms with van der Waals surface area (Å²) in [6.07, 6.45) is 0. The Balaban J connectivity index is 1.46. The Morgan fingerprint density at radius 2 is 1.83 bits per heavy atom. The summed E-state index contributed by atoms with van der Waals surface area (Å²) in [5.41, 5.74) is 2.63. The van der Waals surface area contributed by atoms with Crippen molar-refractivity contribution in [2.24, 2.45) is 0 Å². The third kappa shape index (κ3) is 3.88. The molecule has 0 radical (unpaired) electrons. The van der Waals surface area contributed by atoms with Crippen molar-refractivity contribution >= 4 is 28.6 Å². The van der Waals surface area contributed by atoms with Gasteiger partial charge in [-0.15, -0.1) is 10.2 Å². The van der Waals surface area contributed by atoms with Gasteiger partial charge in [0.15, 0.2) is 5.16 Å². The number of pyridine rings is 1. The van der Waals surface area contributed by atoms with Gasteiger partial charge in [0.2, 0.25) is 5.95 Å². The number of benzene rings is 2. The van der Waals surface area contributed by atoms with Gasteiger partial charge in [0, 0.05) is 24.2 Å². The number of halogens is 1. The first-order valence-corrected chi connectivity index (χ1v) is 10.8. The van der Waals surface area contributed by atoms with Gasteiger partial charge in [-0.1, -0.05) is 42.1 Å². The molecule has 0 spiro atoms. The number of nitrogens with zero attached hydrogens (tertiary/aromatic N) is 5. The van der Waals surface area contributed by atoms with Gasteiger partial charge in [-0.3, -0.25) is 9.55 Å². The van der Waals surface area contributed by atoms with Crippen LogP contribution in [0.15, 0.2) is 65.8 Å². The number of thioether (sulfide) groups is 1. The molecule has 0 bridgehead atoms. The van der Waals surface area contributed by atoms with E-state index >= 15 is 0 Å². The average Bonchev–Trinajstić information content (AvgIpc) is 3.22. The molecule has 2 aromatic heterocycles. The maximum Gasteiger partial charge on any atom is 0.232 e. The van der Waals surface area contributed by atoms with Crippen molar-refractivity contribution in [3.05, 3.63) is 72.2 Å². The average molecular weight is 422 g/mol. The summed E-state index contributed by atoms with van der Waals surface area (Å²) in [5, 5.41) is 10.7. The number of fused-ring (bicyclic) bond motifs is 1. The van der Waals surface area contributed by atoms with E-state index in [1.54, 1.807) is 17.8 Å². The second-order valence-electron chi connectivity index (χ2n) is 6.98. The van der Waals surface area contributed by atoms with Crippen molar-refractivity contribution in [3.8, 4) is 5.69 Å². The van der Waals surface area contributed by atoms with E-state index in [1.165, 1.54) is 12.1 Å². The molecule has 0 saturated carbocycles. The van der Waals surface area contributed by atoms with Gasteiger partial charge in [-0.2, -0.15) is 0 Å². The summed E-state index contributed by atoms with van der Waals surface area (Å²) < 4.78 is 21.3. The summed E-state index contributed by atoms with van der Waals surface area (Å²) in [6.45, 7) is 2.73. The van der Waals surface area contributed by atoms with E-state index in [1.807, 2.05) is 34.9 Å². The van der Waals surface area contributed by atoms with Crippen molar-refractivity contribution in [1.82, 2.24) is 19.7 Å². The predicted molar refractivity (Wildman–Crippen MR) is 116 cm³/mol. The minimum Gasteiger partial charge on any atom is -0.378 e. The Kier molecular flexibility index (Phi) is 5.33. The maximum atomic E-state index is 14.0. The molecule has 152 valence electrons. The Hall–Kier alpha value is -2.97. The molecule has 4 aromatic rings. The van der Waals surface area contributed by atoms with Gasteiger partial charge in [-0.25, -0.2) is 4.39 Å². The van der Waals surface area contributed by atoms with E-state index in [0.717, 1.165) is 29.7 Å². The van der Waals surface area contributed by atoms with Crippen molar-refractivity contribution < 1.29 is 9.13 Å². The number of morpholine rings is 1. The van der Waals surface area contributed by atoms with Gasteiger partial charge < -0.3 is 9.64 Å². The summed E-state index contributed by atoms with van der Waals surface area (Å²) in [4.78, 5) is 6.86. The lowest BCUT2D eigenvalue weighted by atomic mass is 10.2. The minimum atomic E-state index is -0.290. The highest BCUT2D eigenvalue weighted by Crippen LogP contribution is 2.29. The highest BCUT2D eigenvalue weighted by Gasteiger charge is 2.22. The molecule has 30 heavy (non-hydrogen) atoms. The molecule has 0 aliphatic carbocycles. The molecule has 6 nitrogen and oxygen atoms in total. The molecule has 0 amide bonds. The van der Waals surface area contributed by atoms with Crippen LogP contribution in [0.2, 0.25) is 0 Å². The minimum absolute atomic E-state index is 0.290. The molecule has 2 aromatic carbocycles. The zero-order valence-electron chi connectivity index (χ0n) is 16.2. The van der Waals surface area contributed by atoms with E-state index in [9.17, 15) is 4.39 Å². The van der Waals surface area contributed by atoms with Crippen molar-refractivity contribution in [1.29, 1.82) is 0 Å². The Morgan fingerprint density at radius 1 is 0.967 bits per heavy atom. The van der Waals surface area contributed by atoms with E-state index in [2.05, 4.69) is 27.2 Å². The van der Waals surface area contributed by atoms with Crippen LogP contribution in [-0.4, -0.2) is 46.1 Å². The maximum absolute atomic E-state index is 14.0. The fourth-order valence-electron chi connectivity index (χ4n) is 3.49. The third-order valence-corrected chi connectivity index (χ3v) is 5.94. The van der Waals surface area contributed by atoms with E-state index in [-0.39, 0.29) is 5.82 Å². The molecule has 0 atom stereocenters. The second kappa shape index (κ2) is 8.41. The molecule has 1 aliphatic rings. The van der Waals surface area contributed by atoms with Crippen LogP contribution in [0.1, 0.15) is 5.69 Å². The molecule has 5 rings (SSSR count). The number of aromatic nitrogens is 4. The fourth-order valence-corrected chi connectivity index (χ4v) is 4.34. The van der Waals surface area contributed by atoms with Crippen LogP contribution in [0.4, 0.5) is 10.3 Å². The highest BCUT2D eigenvalue weighted by atomic mass is 32.2. The molecule has 1 saturated heterocycles. The number of para-hydroxylation sites is 1. The summed E-state index contributed by atoms with van der Waals surface area (Å²) in [5.74, 6) is 1.06. The zero-order valence-corrected chi connectivity index (χ0v) is 17.1. The van der Waals surface area contributed by atoms with Gasteiger partial charge in [0.25, 0.3) is 0 Å². The summed E-state index contributed by atoms with van der Waals surface area (Å²) in [6, 6.07) is 18.7. The number of hydrogen-bond donors (Lipinski definition) is 0. The van der Waals surface area contributed by atoms with Gasteiger partial charge in [-0.05, 0) is 30.3 Å². The zero-order chi connectivity index (χ0) is 20.3. The summed E-state index contributed by atoms with van der Waals surface area (Å²) in [7, 11) is 0. The molecule has 1 fully saturated rings. The highest BCUT2D eigenvalue weighted by molar-refractivity contribution is 7.98. The van der Waals surface area contributed by atoms with Crippen LogP contribution in [0.5, 0.6) is 0 Å². The number of hydrogen-bond acceptors (Lipinski definition) is 6. The van der Waals surface area contributed by atoms with Crippen LogP contribution >= 0.6 is 11.8 Å². The normalized spacial score (nSPS) is 14.4. The molecular formula is C22H20FN5OS. The topological polar surface area (TPSA) is 56.1 Å². The quantitative estimate of drug-likeness (QED) is 0.453.